The van der Waals surface area contributed by atoms with Crippen molar-refractivity contribution in [1.82, 2.24) is 10.3 Å². The number of aromatic nitrogens is 1. The minimum absolute atomic E-state index is 0.0524. The van der Waals surface area contributed by atoms with Gasteiger partial charge >= 0.3 is 0 Å². The largest absolute Gasteiger partial charge is 0.505 e. The SMILES string of the molecule is C=CCCNC(=O)c1ncccc1O. The van der Waals surface area contributed by atoms with Crippen molar-refractivity contribution >= 4 is 5.91 Å². The van der Waals surface area contributed by atoms with E-state index in [0.29, 0.717) is 13.0 Å². The number of carbonyl (C=O) groups is 1. The van der Waals surface area contributed by atoms with Crippen molar-refractivity contribution in [2.45, 2.75) is 6.42 Å². The Bertz CT molecular complexity index is 337. The van der Waals surface area contributed by atoms with Crippen LogP contribution in [0.3, 0.4) is 0 Å². The maximum Gasteiger partial charge on any atom is 0.273 e. The van der Waals surface area contributed by atoms with Crippen molar-refractivity contribution in [2.24, 2.45) is 0 Å². The molecular weight excluding hydrogens is 180 g/mol. The second-order valence-corrected chi connectivity index (χ2v) is 2.70. The zero-order valence-electron chi connectivity index (χ0n) is 7.73. The van der Waals surface area contributed by atoms with Gasteiger partial charge < -0.3 is 10.4 Å². The minimum Gasteiger partial charge on any atom is -0.505 e. The number of rotatable bonds is 4. The Morgan fingerprint density at radius 2 is 2.50 bits per heavy atom. The third kappa shape index (κ3) is 2.58. The van der Waals surface area contributed by atoms with Crippen LogP contribution >= 0.6 is 0 Å². The van der Waals surface area contributed by atoms with E-state index in [1.54, 1.807) is 12.1 Å². The normalized spacial score (nSPS) is 9.43. The predicted octanol–water partition coefficient (Wildman–Crippen LogP) is 1.09. The first-order valence-electron chi connectivity index (χ1n) is 4.28. The molecule has 1 aromatic heterocycles. The molecule has 2 N–H and O–H groups in total. The summed E-state index contributed by atoms with van der Waals surface area (Å²) in [5.41, 5.74) is 0.0524. The number of pyridine rings is 1. The zero-order valence-corrected chi connectivity index (χ0v) is 7.73. The van der Waals surface area contributed by atoms with Crippen LogP contribution in [0.5, 0.6) is 5.75 Å². The van der Waals surface area contributed by atoms with Crippen LogP contribution in [0.2, 0.25) is 0 Å². The molecule has 0 radical (unpaired) electrons. The Morgan fingerprint density at radius 1 is 1.71 bits per heavy atom. The Balaban J connectivity index is 2.60. The van der Waals surface area contributed by atoms with Gasteiger partial charge in [0.25, 0.3) is 5.91 Å². The van der Waals surface area contributed by atoms with Gasteiger partial charge in [-0.3, -0.25) is 4.79 Å². The number of hydrogen-bond donors (Lipinski definition) is 2. The van der Waals surface area contributed by atoms with E-state index >= 15 is 0 Å². The monoisotopic (exact) mass is 192 g/mol. The van der Waals surface area contributed by atoms with E-state index in [0.717, 1.165) is 0 Å². The first-order chi connectivity index (χ1) is 6.75. The second-order valence-electron chi connectivity index (χ2n) is 2.70. The lowest BCUT2D eigenvalue weighted by atomic mass is 10.3. The fourth-order valence-corrected chi connectivity index (χ4v) is 0.943. The summed E-state index contributed by atoms with van der Waals surface area (Å²) in [6, 6.07) is 2.99. The summed E-state index contributed by atoms with van der Waals surface area (Å²) in [6.07, 6.45) is 3.86. The van der Waals surface area contributed by atoms with Crippen LogP contribution in [0, 0.1) is 0 Å². The maximum atomic E-state index is 11.4. The number of amides is 1. The van der Waals surface area contributed by atoms with E-state index in [1.807, 2.05) is 0 Å². The molecule has 4 heteroatoms. The van der Waals surface area contributed by atoms with Gasteiger partial charge in [0, 0.05) is 12.7 Å². The molecule has 0 bridgehead atoms. The Labute approximate surface area is 82.3 Å². The molecule has 0 fully saturated rings. The Hall–Kier alpha value is -1.84. The summed E-state index contributed by atoms with van der Waals surface area (Å²) in [6.45, 7) is 4.03. The van der Waals surface area contributed by atoms with Crippen molar-refractivity contribution in [3.63, 3.8) is 0 Å². The average molecular weight is 192 g/mol. The van der Waals surface area contributed by atoms with Gasteiger partial charge in [0.05, 0.1) is 0 Å². The third-order valence-corrected chi connectivity index (χ3v) is 1.64. The summed E-state index contributed by atoms with van der Waals surface area (Å²) in [5, 5.41) is 11.9. The minimum atomic E-state index is -0.370. The summed E-state index contributed by atoms with van der Waals surface area (Å²) in [7, 11) is 0. The van der Waals surface area contributed by atoms with Gasteiger partial charge in [-0.1, -0.05) is 6.08 Å². The molecule has 0 aliphatic rings. The van der Waals surface area contributed by atoms with E-state index in [-0.39, 0.29) is 17.4 Å². The lowest BCUT2D eigenvalue weighted by Gasteiger charge is -2.03. The number of nitrogens with one attached hydrogen (secondary N) is 1. The van der Waals surface area contributed by atoms with Crippen LogP contribution in [0.4, 0.5) is 0 Å². The molecule has 14 heavy (non-hydrogen) atoms. The van der Waals surface area contributed by atoms with Crippen LogP contribution in [0.15, 0.2) is 31.0 Å². The molecule has 0 saturated heterocycles. The molecule has 1 rings (SSSR count). The lowest BCUT2D eigenvalue weighted by molar-refractivity contribution is 0.0946. The Kier molecular flexibility index (Phi) is 3.67. The molecule has 0 aliphatic carbocycles. The van der Waals surface area contributed by atoms with Gasteiger partial charge in [-0.15, -0.1) is 6.58 Å². The number of nitrogens with zero attached hydrogens (tertiary/aromatic N) is 1. The predicted molar refractivity (Wildman–Crippen MR) is 53.0 cm³/mol. The molecule has 0 aliphatic heterocycles. The van der Waals surface area contributed by atoms with Gasteiger partial charge in [-0.2, -0.15) is 0 Å². The third-order valence-electron chi connectivity index (χ3n) is 1.64. The van der Waals surface area contributed by atoms with E-state index in [1.165, 1.54) is 12.3 Å². The molecule has 0 saturated carbocycles. The van der Waals surface area contributed by atoms with Crippen molar-refractivity contribution < 1.29 is 9.90 Å². The molecule has 0 spiro atoms. The summed E-state index contributed by atoms with van der Waals surface area (Å²) >= 11 is 0. The molecular formula is C10H12N2O2. The van der Waals surface area contributed by atoms with Crippen LogP contribution in [-0.4, -0.2) is 22.5 Å². The highest BCUT2D eigenvalue weighted by Gasteiger charge is 2.10. The fraction of sp³-hybridized carbons (Fsp3) is 0.200. The van der Waals surface area contributed by atoms with E-state index < -0.39 is 0 Å². The smallest absolute Gasteiger partial charge is 0.273 e. The number of aromatic hydroxyl groups is 1. The number of carbonyl (C=O) groups excluding carboxylic acids is 1. The van der Waals surface area contributed by atoms with Crippen LogP contribution < -0.4 is 5.32 Å². The first-order valence-corrected chi connectivity index (χ1v) is 4.28. The molecule has 1 amide bonds. The highest BCUT2D eigenvalue weighted by Crippen LogP contribution is 2.11. The summed E-state index contributed by atoms with van der Waals surface area (Å²) < 4.78 is 0. The maximum absolute atomic E-state index is 11.4. The number of hydrogen-bond acceptors (Lipinski definition) is 3. The van der Waals surface area contributed by atoms with Gasteiger partial charge in [-0.25, -0.2) is 4.98 Å². The van der Waals surface area contributed by atoms with Gasteiger partial charge in [0.15, 0.2) is 5.69 Å². The summed E-state index contributed by atoms with van der Waals surface area (Å²) in [5.74, 6) is -0.478. The van der Waals surface area contributed by atoms with Crippen molar-refractivity contribution in [3.05, 3.63) is 36.7 Å². The van der Waals surface area contributed by atoms with Crippen LogP contribution in [-0.2, 0) is 0 Å². The van der Waals surface area contributed by atoms with Crippen LogP contribution in [0.1, 0.15) is 16.9 Å². The first kappa shape index (κ1) is 10.2. The second kappa shape index (κ2) is 5.01. The molecule has 74 valence electrons. The van der Waals surface area contributed by atoms with E-state index in [4.69, 9.17) is 0 Å². The van der Waals surface area contributed by atoms with E-state index in [2.05, 4.69) is 16.9 Å². The highest BCUT2D eigenvalue weighted by atomic mass is 16.3. The highest BCUT2D eigenvalue weighted by molar-refractivity contribution is 5.94. The fourth-order valence-electron chi connectivity index (χ4n) is 0.943. The molecule has 0 aromatic carbocycles. The molecule has 1 aromatic rings. The van der Waals surface area contributed by atoms with Crippen molar-refractivity contribution in [1.29, 1.82) is 0 Å². The van der Waals surface area contributed by atoms with Crippen molar-refractivity contribution in [3.8, 4) is 5.75 Å². The zero-order chi connectivity index (χ0) is 10.4. The van der Waals surface area contributed by atoms with Gasteiger partial charge in [0.2, 0.25) is 0 Å². The van der Waals surface area contributed by atoms with Crippen molar-refractivity contribution in [2.75, 3.05) is 6.54 Å². The molecule has 0 atom stereocenters. The topological polar surface area (TPSA) is 62.2 Å². The lowest BCUT2D eigenvalue weighted by Crippen LogP contribution is -2.25. The molecule has 1 heterocycles. The average Bonchev–Trinajstić information content (AvgIpc) is 2.18. The van der Waals surface area contributed by atoms with Gasteiger partial charge in [0.1, 0.15) is 5.75 Å². The van der Waals surface area contributed by atoms with Crippen LogP contribution in [0.25, 0.3) is 0 Å². The Morgan fingerprint density at radius 3 is 3.14 bits per heavy atom. The quantitative estimate of drug-likeness (QED) is 0.554. The molecule has 0 unspecified atom stereocenters. The van der Waals surface area contributed by atoms with E-state index in [9.17, 15) is 9.90 Å². The molecule has 4 nitrogen and oxygen atoms in total. The van der Waals surface area contributed by atoms with Gasteiger partial charge in [-0.05, 0) is 18.6 Å². The summed E-state index contributed by atoms with van der Waals surface area (Å²) in [4.78, 5) is 15.1. The standard InChI is InChI=1S/C10H12N2O2/c1-2-3-6-12-10(14)9-8(13)5-4-7-11-9/h2,4-5,7,13H,1,3,6H2,(H,12,14).